The molecule has 2 heterocycles. The van der Waals surface area contributed by atoms with Crippen molar-refractivity contribution in [2.45, 2.75) is 31.1 Å². The fourth-order valence-corrected chi connectivity index (χ4v) is 4.54. The summed E-state index contributed by atoms with van der Waals surface area (Å²) in [6.07, 6.45) is 2.44. The first-order chi connectivity index (χ1) is 11.4. The van der Waals surface area contributed by atoms with Gasteiger partial charge in [0, 0.05) is 19.3 Å². The molecule has 2 aromatic rings. The van der Waals surface area contributed by atoms with E-state index in [1.807, 2.05) is 49.4 Å². The normalized spacial score (nSPS) is 18.4. The van der Waals surface area contributed by atoms with Crippen LogP contribution in [0.4, 0.5) is 0 Å². The summed E-state index contributed by atoms with van der Waals surface area (Å²) in [6.45, 7) is 2.56. The average Bonchev–Trinajstić information content (AvgIpc) is 2.56. The second-order valence-electron chi connectivity index (χ2n) is 6.39. The fraction of sp³-hybridized carbons (Fsp3) is 0.389. The van der Waals surface area contributed by atoms with Crippen LogP contribution < -0.4 is 0 Å². The smallest absolute Gasteiger partial charge is 0.218 e. The number of aliphatic hydroxyl groups is 1. The van der Waals surface area contributed by atoms with Crippen LogP contribution in [0.1, 0.15) is 29.7 Å². The van der Waals surface area contributed by atoms with E-state index in [4.69, 9.17) is 0 Å². The summed E-state index contributed by atoms with van der Waals surface area (Å²) in [5.41, 5.74) is 1.38. The zero-order valence-electron chi connectivity index (χ0n) is 13.7. The van der Waals surface area contributed by atoms with Gasteiger partial charge in [0.25, 0.3) is 0 Å². The summed E-state index contributed by atoms with van der Waals surface area (Å²) in [5.74, 6) is -0.00491. The van der Waals surface area contributed by atoms with Crippen LogP contribution in [0.2, 0.25) is 0 Å². The van der Waals surface area contributed by atoms with Gasteiger partial charge in [-0.3, -0.25) is 4.98 Å². The lowest BCUT2D eigenvalue weighted by molar-refractivity contribution is -0.0134. The molecule has 128 valence electrons. The van der Waals surface area contributed by atoms with Crippen molar-refractivity contribution in [3.8, 4) is 0 Å². The van der Waals surface area contributed by atoms with Gasteiger partial charge in [-0.1, -0.05) is 36.4 Å². The molecule has 0 unspecified atom stereocenters. The number of piperidine rings is 1. The first kappa shape index (κ1) is 17.1. The second kappa shape index (κ2) is 6.63. The zero-order chi connectivity index (χ0) is 17.2. The zero-order valence-corrected chi connectivity index (χ0v) is 14.5. The van der Waals surface area contributed by atoms with Crippen LogP contribution in [-0.2, 0) is 21.4 Å². The van der Waals surface area contributed by atoms with Gasteiger partial charge in [0.2, 0.25) is 10.0 Å². The first-order valence-corrected chi connectivity index (χ1v) is 9.67. The molecule has 1 fully saturated rings. The molecule has 6 heteroatoms. The quantitative estimate of drug-likeness (QED) is 0.921. The molecule has 0 radical (unpaired) electrons. The van der Waals surface area contributed by atoms with E-state index in [1.54, 1.807) is 6.20 Å². The Bertz CT molecular complexity index is 781. The fourth-order valence-electron chi connectivity index (χ4n) is 3.01. The predicted molar refractivity (Wildman–Crippen MR) is 92.7 cm³/mol. The molecule has 1 N–H and O–H groups in total. The molecule has 1 aromatic carbocycles. The lowest BCUT2D eigenvalue weighted by Crippen LogP contribution is -2.45. The number of sulfonamides is 1. The van der Waals surface area contributed by atoms with Crippen LogP contribution in [0.3, 0.4) is 0 Å². The molecule has 1 aliphatic rings. The lowest BCUT2D eigenvalue weighted by Gasteiger charge is -2.37. The van der Waals surface area contributed by atoms with Gasteiger partial charge in [0.05, 0.1) is 11.4 Å². The Morgan fingerprint density at radius 3 is 2.38 bits per heavy atom. The Hall–Kier alpha value is -1.76. The highest BCUT2D eigenvalue weighted by molar-refractivity contribution is 7.88. The number of nitrogens with zero attached hydrogens (tertiary/aromatic N) is 2. The van der Waals surface area contributed by atoms with E-state index in [-0.39, 0.29) is 5.75 Å². The van der Waals surface area contributed by atoms with Gasteiger partial charge in [0.15, 0.2) is 0 Å². The Morgan fingerprint density at radius 1 is 1.12 bits per heavy atom. The third-order valence-corrected chi connectivity index (χ3v) is 6.37. The molecule has 0 spiro atoms. The van der Waals surface area contributed by atoms with Crippen molar-refractivity contribution in [1.29, 1.82) is 0 Å². The molecule has 0 atom stereocenters. The van der Waals surface area contributed by atoms with Gasteiger partial charge in [-0.25, -0.2) is 12.7 Å². The van der Waals surface area contributed by atoms with Crippen molar-refractivity contribution in [2.75, 3.05) is 13.1 Å². The van der Waals surface area contributed by atoms with Crippen LogP contribution in [-0.4, -0.2) is 35.9 Å². The summed E-state index contributed by atoms with van der Waals surface area (Å²) >= 11 is 0. The van der Waals surface area contributed by atoms with Gasteiger partial charge < -0.3 is 5.11 Å². The summed E-state index contributed by atoms with van der Waals surface area (Å²) in [5, 5.41) is 10.8. The van der Waals surface area contributed by atoms with Crippen molar-refractivity contribution in [3.05, 3.63) is 65.5 Å². The van der Waals surface area contributed by atoms with E-state index >= 15 is 0 Å². The van der Waals surface area contributed by atoms with Gasteiger partial charge in [0.1, 0.15) is 5.60 Å². The third-order valence-electron chi connectivity index (χ3n) is 4.52. The molecule has 1 aliphatic heterocycles. The Morgan fingerprint density at radius 2 is 1.79 bits per heavy atom. The molecule has 5 nitrogen and oxygen atoms in total. The molecule has 1 saturated heterocycles. The number of rotatable bonds is 4. The maximum atomic E-state index is 12.6. The van der Waals surface area contributed by atoms with Crippen molar-refractivity contribution in [2.24, 2.45) is 0 Å². The van der Waals surface area contributed by atoms with Crippen LogP contribution >= 0.6 is 0 Å². The van der Waals surface area contributed by atoms with Crippen molar-refractivity contribution in [1.82, 2.24) is 9.29 Å². The number of benzene rings is 1. The third kappa shape index (κ3) is 3.66. The van der Waals surface area contributed by atoms with E-state index in [2.05, 4.69) is 4.98 Å². The topological polar surface area (TPSA) is 70.5 Å². The maximum Gasteiger partial charge on any atom is 0.218 e. The molecule has 0 amide bonds. The number of aromatic nitrogens is 1. The van der Waals surface area contributed by atoms with Crippen molar-refractivity contribution in [3.63, 3.8) is 0 Å². The predicted octanol–water partition coefficient (Wildman–Crippen LogP) is 2.20. The van der Waals surface area contributed by atoms with Crippen LogP contribution in [0.15, 0.2) is 48.7 Å². The number of hydrogen-bond acceptors (Lipinski definition) is 4. The lowest BCUT2D eigenvalue weighted by atomic mass is 9.88. The van der Waals surface area contributed by atoms with Gasteiger partial charge in [-0.2, -0.15) is 0 Å². The minimum atomic E-state index is -3.37. The summed E-state index contributed by atoms with van der Waals surface area (Å²) in [6, 6.07) is 12.9. The highest BCUT2D eigenvalue weighted by Crippen LogP contribution is 2.33. The van der Waals surface area contributed by atoms with E-state index in [0.29, 0.717) is 31.6 Å². The van der Waals surface area contributed by atoms with Gasteiger partial charge in [-0.15, -0.1) is 0 Å². The average molecular weight is 346 g/mol. The number of hydrogen-bond donors (Lipinski definition) is 1. The molecule has 0 bridgehead atoms. The minimum absolute atomic E-state index is 0.00491. The first-order valence-electron chi connectivity index (χ1n) is 8.06. The molecular formula is C18H22N2O3S. The molecule has 1 aromatic heterocycles. The Balaban J connectivity index is 1.69. The largest absolute Gasteiger partial charge is 0.383 e. The Kier molecular flexibility index (Phi) is 4.71. The monoisotopic (exact) mass is 346 g/mol. The number of pyridine rings is 1. The SMILES string of the molecule is Cc1ccc(C2(O)CCN(S(=O)(=O)Cc3ccccc3)CC2)nc1. The van der Waals surface area contributed by atoms with Gasteiger partial charge in [-0.05, 0) is 37.0 Å². The minimum Gasteiger partial charge on any atom is -0.383 e. The highest BCUT2D eigenvalue weighted by Gasteiger charge is 2.38. The van der Waals surface area contributed by atoms with Crippen LogP contribution in [0.5, 0.6) is 0 Å². The summed E-state index contributed by atoms with van der Waals surface area (Å²) < 4.78 is 26.6. The van der Waals surface area contributed by atoms with E-state index in [9.17, 15) is 13.5 Å². The maximum absolute atomic E-state index is 12.6. The van der Waals surface area contributed by atoms with E-state index in [0.717, 1.165) is 11.1 Å². The number of aryl methyl sites for hydroxylation is 1. The summed E-state index contributed by atoms with van der Waals surface area (Å²) in [7, 11) is -3.37. The molecule has 24 heavy (non-hydrogen) atoms. The summed E-state index contributed by atoms with van der Waals surface area (Å²) in [4.78, 5) is 4.31. The standard InChI is InChI=1S/C18H22N2O3S/c1-15-7-8-17(19-13-15)18(21)9-11-20(12-10-18)24(22,23)14-16-5-3-2-4-6-16/h2-8,13,21H,9-12,14H2,1H3. The molecule has 3 rings (SSSR count). The second-order valence-corrected chi connectivity index (χ2v) is 8.36. The molecule has 0 aliphatic carbocycles. The van der Waals surface area contributed by atoms with Crippen LogP contribution in [0.25, 0.3) is 0 Å². The van der Waals surface area contributed by atoms with Crippen molar-refractivity contribution >= 4 is 10.0 Å². The van der Waals surface area contributed by atoms with Crippen LogP contribution in [0, 0.1) is 6.92 Å². The highest BCUT2D eigenvalue weighted by atomic mass is 32.2. The van der Waals surface area contributed by atoms with Crippen molar-refractivity contribution < 1.29 is 13.5 Å². The van der Waals surface area contributed by atoms with E-state index < -0.39 is 15.6 Å². The van der Waals surface area contributed by atoms with E-state index in [1.165, 1.54) is 4.31 Å². The Labute approximate surface area is 143 Å². The van der Waals surface area contributed by atoms with Gasteiger partial charge >= 0.3 is 0 Å². The molecule has 0 saturated carbocycles. The molecular weight excluding hydrogens is 324 g/mol.